The first-order valence-corrected chi connectivity index (χ1v) is 23.9. The standard InChI is InChI=1S/C49H63N9O7S/c1-10-40(59)55-24-49(25-55)26-56(27-49)47(63)54(8)42(29(3)4)44(60)52-36-21-39-51-37(23-66-39)31-16-17-38-33(20-31)34(43(57(38)11-2)32-14-12-18-50-41(32)30(5)64-9)22-48(6,7)28-65-46(62)35-15-13-19-58(53-35)45(36)61/h10,12,14,16-18,20,23,29-30,35-36,42,53H,1,11,13,15,19,21-22,24-28H2,2-9H3,(H,52,60)/t30-,35-,36-,42-/m0/s1. The molecule has 4 atom stereocenters. The number of methoxy groups -OCH3 is 1. The quantitative estimate of drug-likeness (QED) is 0.159. The van der Waals surface area contributed by atoms with Gasteiger partial charge in [-0.3, -0.25) is 29.2 Å². The fourth-order valence-corrected chi connectivity index (χ4v) is 11.1. The molecular formula is C49H63N9O7S. The van der Waals surface area contributed by atoms with Gasteiger partial charge >= 0.3 is 12.0 Å². The van der Waals surface area contributed by atoms with E-state index < -0.39 is 41.3 Å². The van der Waals surface area contributed by atoms with Gasteiger partial charge in [0, 0.05) is 104 Å². The number of amides is 5. The second kappa shape index (κ2) is 18.6. The number of rotatable bonds is 9. The van der Waals surface area contributed by atoms with Crippen molar-refractivity contribution in [3.63, 3.8) is 0 Å². The van der Waals surface area contributed by atoms with E-state index in [1.54, 1.807) is 30.2 Å². The molecule has 352 valence electrons. The van der Waals surface area contributed by atoms with Crippen LogP contribution in [0.15, 0.2) is 54.6 Å². The number of nitrogens with zero attached hydrogens (tertiary/aromatic N) is 7. The third-order valence-electron chi connectivity index (χ3n) is 13.6. The smallest absolute Gasteiger partial charge is 0.324 e. The zero-order valence-corrected chi connectivity index (χ0v) is 40.2. The van der Waals surface area contributed by atoms with Gasteiger partial charge in [-0.25, -0.2) is 15.2 Å². The lowest BCUT2D eigenvalue weighted by Crippen LogP contribution is -2.74. The largest absolute Gasteiger partial charge is 0.464 e. The van der Waals surface area contributed by atoms with E-state index in [9.17, 15) is 24.0 Å². The summed E-state index contributed by atoms with van der Waals surface area (Å²) in [6.07, 6.45) is 4.51. The Balaban J connectivity index is 1.12. The molecule has 8 rings (SSSR count). The van der Waals surface area contributed by atoms with E-state index in [1.807, 2.05) is 32.2 Å². The SMILES string of the molecule is C=CC(=O)N1CC2(C1)CN(C(=O)N(C)[C@H](C(=O)N[C@H]1Cc3nc(cs3)-c3ccc4c(c3)c(c(-c3cccnc3[C@H](C)OC)n4CC)CC(C)(C)COC(=O)[C@@H]3CCCN(N3)C1=O)C(C)C)C2. The molecule has 3 saturated heterocycles. The molecule has 5 amide bonds. The fourth-order valence-electron chi connectivity index (χ4n) is 10.2. The Kier molecular flexibility index (Phi) is 13.2. The molecule has 4 aromatic rings. The second-order valence-corrected chi connectivity index (χ2v) is 20.6. The van der Waals surface area contributed by atoms with Crippen molar-refractivity contribution >= 4 is 52.0 Å². The first kappa shape index (κ1) is 46.9. The number of likely N-dealkylation sites (N-methyl/N-ethyl adjacent to an activating group) is 1. The minimum atomic E-state index is -1.07. The first-order chi connectivity index (χ1) is 31.5. The highest BCUT2D eigenvalue weighted by molar-refractivity contribution is 7.10. The maximum absolute atomic E-state index is 14.6. The van der Waals surface area contributed by atoms with Gasteiger partial charge < -0.3 is 34.1 Å². The maximum Gasteiger partial charge on any atom is 0.324 e. The van der Waals surface area contributed by atoms with Crippen molar-refractivity contribution in [2.24, 2.45) is 16.7 Å². The van der Waals surface area contributed by atoms with E-state index in [2.05, 4.69) is 66.9 Å². The first-order valence-electron chi connectivity index (χ1n) is 23.0. The number of hydrogen-bond donors (Lipinski definition) is 2. The molecule has 2 N–H and O–H groups in total. The summed E-state index contributed by atoms with van der Waals surface area (Å²) >= 11 is 1.41. The summed E-state index contributed by atoms with van der Waals surface area (Å²) in [5.41, 5.74) is 9.14. The summed E-state index contributed by atoms with van der Waals surface area (Å²) in [6, 6.07) is 7.37. The molecule has 66 heavy (non-hydrogen) atoms. The summed E-state index contributed by atoms with van der Waals surface area (Å²) in [5, 5.41) is 8.13. The van der Waals surface area contributed by atoms with Gasteiger partial charge in [0.1, 0.15) is 18.1 Å². The summed E-state index contributed by atoms with van der Waals surface area (Å²) in [4.78, 5) is 83.6. The number of cyclic esters (lactones) is 1. The summed E-state index contributed by atoms with van der Waals surface area (Å²) in [5.74, 6) is -1.76. The number of fused-ring (bicyclic) bond motifs is 6. The van der Waals surface area contributed by atoms with E-state index in [1.165, 1.54) is 27.3 Å². The molecule has 3 fully saturated rings. The Morgan fingerprint density at radius 2 is 1.86 bits per heavy atom. The van der Waals surface area contributed by atoms with Crippen LogP contribution in [0, 0.1) is 16.7 Å². The normalized spacial score (nSPS) is 21.4. The number of carbonyl (C=O) groups excluding carboxylic acids is 5. The number of aryl methyl sites for hydroxylation is 1. The van der Waals surface area contributed by atoms with Crippen LogP contribution in [-0.2, 0) is 48.0 Å². The summed E-state index contributed by atoms with van der Waals surface area (Å²) < 4.78 is 14.2. The lowest BCUT2D eigenvalue weighted by molar-refractivity contribution is -0.155. The van der Waals surface area contributed by atoms with E-state index >= 15 is 0 Å². The maximum atomic E-state index is 14.6. The van der Waals surface area contributed by atoms with Gasteiger partial charge in [-0.05, 0) is 74.9 Å². The number of ether oxygens (including phenoxy) is 2. The average Bonchev–Trinajstić information content (AvgIpc) is 3.87. The van der Waals surface area contributed by atoms with Gasteiger partial charge in [-0.1, -0.05) is 40.3 Å². The van der Waals surface area contributed by atoms with Gasteiger partial charge in [0.05, 0.1) is 34.8 Å². The molecule has 7 heterocycles. The van der Waals surface area contributed by atoms with E-state index in [0.29, 0.717) is 63.5 Å². The minimum Gasteiger partial charge on any atom is -0.464 e. The van der Waals surface area contributed by atoms with Gasteiger partial charge in [0.25, 0.3) is 5.91 Å². The highest BCUT2D eigenvalue weighted by Crippen LogP contribution is 2.43. The topological polar surface area (TPSA) is 172 Å². The zero-order valence-electron chi connectivity index (χ0n) is 39.4. The highest BCUT2D eigenvalue weighted by atomic mass is 32.1. The van der Waals surface area contributed by atoms with Crippen LogP contribution in [0.2, 0.25) is 0 Å². The minimum absolute atomic E-state index is 0.0824. The van der Waals surface area contributed by atoms with Crippen molar-refractivity contribution in [2.45, 2.75) is 98.0 Å². The second-order valence-electron chi connectivity index (χ2n) is 19.6. The highest BCUT2D eigenvalue weighted by Gasteiger charge is 2.55. The number of nitrogens with one attached hydrogen (secondary N) is 2. The molecule has 6 bridgehead atoms. The molecule has 3 aromatic heterocycles. The number of hydrazine groups is 1. The molecule has 4 aliphatic rings. The lowest BCUT2D eigenvalue weighted by Gasteiger charge is -2.60. The molecule has 4 aliphatic heterocycles. The van der Waals surface area contributed by atoms with Crippen molar-refractivity contribution in [1.29, 1.82) is 0 Å². The number of hydrogen-bond acceptors (Lipinski definition) is 11. The monoisotopic (exact) mass is 921 g/mol. The van der Waals surface area contributed by atoms with Crippen molar-refractivity contribution in [1.82, 2.24) is 45.0 Å². The van der Waals surface area contributed by atoms with E-state index in [4.69, 9.17) is 19.4 Å². The Bertz CT molecular complexity index is 2540. The molecular weight excluding hydrogens is 859 g/mol. The average molecular weight is 922 g/mol. The lowest BCUT2D eigenvalue weighted by atomic mass is 9.73. The van der Waals surface area contributed by atoms with Gasteiger partial charge in [-0.15, -0.1) is 11.3 Å². The van der Waals surface area contributed by atoms with Crippen LogP contribution < -0.4 is 10.7 Å². The number of esters is 1. The summed E-state index contributed by atoms with van der Waals surface area (Å²) in [7, 11) is 3.30. The van der Waals surface area contributed by atoms with Crippen molar-refractivity contribution in [3.8, 4) is 22.5 Å². The Hall–Kier alpha value is -5.65. The van der Waals surface area contributed by atoms with Crippen molar-refractivity contribution in [2.75, 3.05) is 53.5 Å². The molecule has 0 saturated carbocycles. The number of aromatic nitrogens is 3. The predicted molar refractivity (Wildman–Crippen MR) is 252 cm³/mol. The molecule has 0 unspecified atom stereocenters. The predicted octanol–water partition coefficient (Wildman–Crippen LogP) is 5.61. The van der Waals surface area contributed by atoms with Crippen LogP contribution >= 0.6 is 11.3 Å². The number of urea groups is 1. The number of carbonyl (C=O) groups is 5. The molecule has 0 aliphatic carbocycles. The van der Waals surface area contributed by atoms with Crippen LogP contribution in [0.4, 0.5) is 4.79 Å². The number of thiazole rings is 1. The third kappa shape index (κ3) is 8.96. The number of likely N-dealkylation sites (tertiary alicyclic amines) is 2. The molecule has 0 radical (unpaired) electrons. The van der Waals surface area contributed by atoms with Gasteiger partial charge in [-0.2, -0.15) is 0 Å². The molecule has 16 nitrogen and oxygen atoms in total. The number of pyridine rings is 1. The van der Waals surface area contributed by atoms with Gasteiger partial charge in [0.2, 0.25) is 11.8 Å². The fraction of sp³-hybridized carbons (Fsp3) is 0.531. The van der Waals surface area contributed by atoms with E-state index in [0.717, 1.165) is 44.7 Å². The van der Waals surface area contributed by atoms with Crippen LogP contribution in [0.5, 0.6) is 0 Å². The van der Waals surface area contributed by atoms with Crippen LogP contribution in [0.3, 0.4) is 0 Å². The van der Waals surface area contributed by atoms with Gasteiger partial charge in [0.15, 0.2) is 0 Å². The van der Waals surface area contributed by atoms with Crippen molar-refractivity contribution < 1.29 is 33.4 Å². The number of benzene rings is 1. The molecule has 17 heteroatoms. The van der Waals surface area contributed by atoms with Crippen LogP contribution in [0.25, 0.3) is 33.4 Å². The Morgan fingerprint density at radius 3 is 2.56 bits per heavy atom. The van der Waals surface area contributed by atoms with Crippen LogP contribution in [-0.4, -0.2) is 136 Å². The molecule has 1 aromatic carbocycles. The van der Waals surface area contributed by atoms with E-state index in [-0.39, 0.29) is 42.4 Å². The Morgan fingerprint density at radius 1 is 1.12 bits per heavy atom. The Labute approximate surface area is 390 Å². The molecule has 1 spiro atoms. The summed E-state index contributed by atoms with van der Waals surface area (Å²) in [6.45, 7) is 18.9. The zero-order chi connectivity index (χ0) is 47.2. The van der Waals surface area contributed by atoms with Crippen molar-refractivity contribution in [3.05, 3.63) is 70.8 Å². The third-order valence-corrected chi connectivity index (χ3v) is 14.5. The van der Waals surface area contributed by atoms with Crippen LogP contribution in [0.1, 0.15) is 76.8 Å².